The van der Waals surface area contributed by atoms with Gasteiger partial charge in [0.25, 0.3) is 0 Å². The average Bonchev–Trinajstić information content (AvgIpc) is 3.26. The molecule has 10 nitrogen and oxygen atoms in total. The third kappa shape index (κ3) is 5.71. The fourth-order valence-corrected chi connectivity index (χ4v) is 4.10. The van der Waals surface area contributed by atoms with Crippen LogP contribution >= 0.6 is 0 Å². The monoisotopic (exact) mass is 393 g/mol. The van der Waals surface area contributed by atoms with Gasteiger partial charge in [0, 0.05) is 45.8 Å². The van der Waals surface area contributed by atoms with Crippen molar-refractivity contribution in [2.45, 2.75) is 44.7 Å². The molecule has 0 bridgehead atoms. The molecule has 0 saturated carbocycles. The maximum absolute atomic E-state index is 12.4. The highest BCUT2D eigenvalue weighted by Gasteiger charge is 2.32. The first-order valence-corrected chi connectivity index (χ1v) is 10.2. The Bertz CT molecular complexity index is 617. The SMILES string of the molecule is COCCNC(=O)[C@@H]1CCCN(C2CCN(C(=O)CCn3cnnn3)CC2)C1. The van der Waals surface area contributed by atoms with E-state index in [1.165, 1.54) is 6.33 Å². The molecular formula is C18H31N7O3. The maximum Gasteiger partial charge on any atom is 0.224 e. The summed E-state index contributed by atoms with van der Waals surface area (Å²) in [5, 5.41) is 13.9. The standard InChI is InChI=1S/C18H31N7O3/c1-28-12-7-19-18(27)15-3-2-8-24(13-15)16-4-9-23(10-5-16)17(26)6-11-25-14-20-21-22-25/h14-16H,2-13H2,1H3,(H,19,27)/t15-/m1/s1. The summed E-state index contributed by atoms with van der Waals surface area (Å²) in [7, 11) is 1.64. The van der Waals surface area contributed by atoms with Crippen molar-refractivity contribution in [3.8, 4) is 0 Å². The molecule has 2 amide bonds. The van der Waals surface area contributed by atoms with Crippen LogP contribution in [0.15, 0.2) is 6.33 Å². The van der Waals surface area contributed by atoms with Gasteiger partial charge in [-0.1, -0.05) is 0 Å². The van der Waals surface area contributed by atoms with E-state index in [-0.39, 0.29) is 17.7 Å². The van der Waals surface area contributed by atoms with Gasteiger partial charge in [0.15, 0.2) is 0 Å². The van der Waals surface area contributed by atoms with Gasteiger partial charge >= 0.3 is 0 Å². The van der Waals surface area contributed by atoms with Crippen molar-refractivity contribution in [1.29, 1.82) is 0 Å². The van der Waals surface area contributed by atoms with Gasteiger partial charge in [-0.05, 0) is 42.7 Å². The van der Waals surface area contributed by atoms with E-state index in [9.17, 15) is 9.59 Å². The van der Waals surface area contributed by atoms with Gasteiger partial charge in [0.05, 0.1) is 19.1 Å². The highest BCUT2D eigenvalue weighted by Crippen LogP contribution is 2.24. The predicted octanol–water partition coefficient (Wildman–Crippen LogP) is -0.471. The van der Waals surface area contributed by atoms with Crippen molar-refractivity contribution in [2.24, 2.45) is 5.92 Å². The Morgan fingerprint density at radius 3 is 2.75 bits per heavy atom. The van der Waals surface area contributed by atoms with Crippen LogP contribution in [-0.2, 0) is 20.9 Å². The summed E-state index contributed by atoms with van der Waals surface area (Å²) < 4.78 is 6.57. The topological polar surface area (TPSA) is 105 Å². The molecule has 2 aliphatic heterocycles. The molecule has 1 aromatic heterocycles. The molecule has 0 radical (unpaired) electrons. The zero-order valence-electron chi connectivity index (χ0n) is 16.6. The van der Waals surface area contributed by atoms with Crippen LogP contribution in [0.25, 0.3) is 0 Å². The van der Waals surface area contributed by atoms with Gasteiger partial charge in [-0.2, -0.15) is 0 Å². The summed E-state index contributed by atoms with van der Waals surface area (Å²) in [5.74, 6) is 0.349. The number of rotatable bonds is 8. The van der Waals surface area contributed by atoms with Crippen LogP contribution in [0.2, 0.25) is 0 Å². The van der Waals surface area contributed by atoms with E-state index in [4.69, 9.17) is 4.74 Å². The van der Waals surface area contributed by atoms with E-state index in [0.29, 0.717) is 32.2 Å². The number of amides is 2. The second-order valence-corrected chi connectivity index (χ2v) is 7.55. The van der Waals surface area contributed by atoms with Gasteiger partial charge in [-0.25, -0.2) is 4.68 Å². The summed E-state index contributed by atoms with van der Waals surface area (Å²) in [6, 6.07) is 0.457. The molecular weight excluding hydrogens is 362 g/mol. The van der Waals surface area contributed by atoms with E-state index in [1.54, 1.807) is 11.8 Å². The molecule has 0 unspecified atom stereocenters. The highest BCUT2D eigenvalue weighted by atomic mass is 16.5. The number of nitrogens with one attached hydrogen (secondary N) is 1. The van der Waals surface area contributed by atoms with Crippen molar-refractivity contribution in [3.63, 3.8) is 0 Å². The number of methoxy groups -OCH3 is 1. The fraction of sp³-hybridized carbons (Fsp3) is 0.833. The van der Waals surface area contributed by atoms with E-state index in [2.05, 4.69) is 25.7 Å². The summed E-state index contributed by atoms with van der Waals surface area (Å²) in [6.45, 7) is 5.04. The molecule has 28 heavy (non-hydrogen) atoms. The van der Waals surface area contributed by atoms with Crippen molar-refractivity contribution in [2.75, 3.05) is 46.4 Å². The molecule has 0 aromatic carbocycles. The molecule has 2 saturated heterocycles. The Labute approximate surface area is 165 Å². The smallest absolute Gasteiger partial charge is 0.224 e. The average molecular weight is 393 g/mol. The largest absolute Gasteiger partial charge is 0.383 e. The molecule has 0 aliphatic carbocycles. The highest BCUT2D eigenvalue weighted by molar-refractivity contribution is 5.79. The van der Waals surface area contributed by atoms with Crippen molar-refractivity contribution in [3.05, 3.63) is 6.33 Å². The number of likely N-dealkylation sites (tertiary alicyclic amines) is 2. The third-order valence-electron chi connectivity index (χ3n) is 5.71. The number of aryl methyl sites for hydroxylation is 1. The van der Waals surface area contributed by atoms with Crippen LogP contribution < -0.4 is 5.32 Å². The number of tetrazole rings is 1. The maximum atomic E-state index is 12.4. The third-order valence-corrected chi connectivity index (χ3v) is 5.71. The lowest BCUT2D eigenvalue weighted by Crippen LogP contribution is -2.51. The fourth-order valence-electron chi connectivity index (χ4n) is 4.10. The first-order valence-electron chi connectivity index (χ1n) is 10.2. The second kappa shape index (κ2) is 10.5. The van der Waals surface area contributed by atoms with E-state index in [1.807, 2.05) is 4.90 Å². The quantitative estimate of drug-likeness (QED) is 0.595. The van der Waals surface area contributed by atoms with Crippen molar-refractivity contribution >= 4 is 11.8 Å². The number of ether oxygens (including phenoxy) is 1. The lowest BCUT2D eigenvalue weighted by molar-refractivity contribution is -0.133. The van der Waals surface area contributed by atoms with E-state index in [0.717, 1.165) is 51.9 Å². The number of nitrogens with zero attached hydrogens (tertiary/aromatic N) is 6. The van der Waals surface area contributed by atoms with Crippen LogP contribution in [-0.4, -0.2) is 94.3 Å². The van der Waals surface area contributed by atoms with Gasteiger partial charge in [-0.15, -0.1) is 5.10 Å². The number of carbonyl (C=O) groups is 2. The number of hydrogen-bond acceptors (Lipinski definition) is 7. The lowest BCUT2D eigenvalue weighted by Gasteiger charge is -2.42. The molecule has 156 valence electrons. The second-order valence-electron chi connectivity index (χ2n) is 7.55. The van der Waals surface area contributed by atoms with Crippen LogP contribution in [0.1, 0.15) is 32.1 Å². The Kier molecular flexibility index (Phi) is 7.72. The van der Waals surface area contributed by atoms with Crippen molar-refractivity contribution < 1.29 is 14.3 Å². The first kappa shape index (κ1) is 20.7. The molecule has 0 spiro atoms. The van der Waals surface area contributed by atoms with Crippen LogP contribution in [0.3, 0.4) is 0 Å². The van der Waals surface area contributed by atoms with Crippen LogP contribution in [0.5, 0.6) is 0 Å². The zero-order chi connectivity index (χ0) is 19.8. The number of carbonyl (C=O) groups excluding carboxylic acids is 2. The lowest BCUT2D eigenvalue weighted by atomic mass is 9.93. The minimum Gasteiger partial charge on any atom is -0.383 e. The zero-order valence-corrected chi connectivity index (χ0v) is 16.6. The van der Waals surface area contributed by atoms with E-state index >= 15 is 0 Å². The van der Waals surface area contributed by atoms with Crippen LogP contribution in [0.4, 0.5) is 0 Å². The number of piperidine rings is 2. The summed E-state index contributed by atoms with van der Waals surface area (Å²) in [4.78, 5) is 29.2. The molecule has 1 N–H and O–H groups in total. The first-order chi connectivity index (χ1) is 13.7. The molecule has 1 aromatic rings. The summed E-state index contributed by atoms with van der Waals surface area (Å²) >= 11 is 0. The normalized spacial score (nSPS) is 21.6. The summed E-state index contributed by atoms with van der Waals surface area (Å²) in [6.07, 6.45) is 5.88. The number of hydrogen-bond donors (Lipinski definition) is 1. The molecule has 3 rings (SSSR count). The Hall–Kier alpha value is -2.07. The Balaban J connectivity index is 1.40. The van der Waals surface area contributed by atoms with Gasteiger partial charge in [0.1, 0.15) is 6.33 Å². The molecule has 2 fully saturated rings. The van der Waals surface area contributed by atoms with Crippen LogP contribution in [0, 0.1) is 5.92 Å². The number of aromatic nitrogens is 4. The molecule has 2 aliphatic rings. The molecule has 3 heterocycles. The van der Waals surface area contributed by atoms with Gasteiger partial charge in [0.2, 0.25) is 11.8 Å². The van der Waals surface area contributed by atoms with Gasteiger partial charge in [-0.3, -0.25) is 14.5 Å². The molecule has 1 atom stereocenters. The molecule has 10 heteroatoms. The Morgan fingerprint density at radius 1 is 1.21 bits per heavy atom. The Morgan fingerprint density at radius 2 is 2.04 bits per heavy atom. The minimum absolute atomic E-state index is 0.0570. The minimum atomic E-state index is 0.0570. The van der Waals surface area contributed by atoms with Crippen molar-refractivity contribution in [1.82, 2.24) is 35.3 Å². The summed E-state index contributed by atoms with van der Waals surface area (Å²) in [5.41, 5.74) is 0. The predicted molar refractivity (Wildman–Crippen MR) is 101 cm³/mol. The van der Waals surface area contributed by atoms with E-state index < -0.39 is 0 Å². The van der Waals surface area contributed by atoms with Gasteiger partial charge < -0.3 is 15.0 Å².